The first kappa shape index (κ1) is 23.5. The molecule has 35 heavy (non-hydrogen) atoms. The molecular formula is C25H27N5O3S2. The van der Waals surface area contributed by atoms with Crippen molar-refractivity contribution in [2.45, 2.75) is 36.6 Å². The number of hydrogen-bond donors (Lipinski definition) is 2. The Hall–Kier alpha value is -3.24. The molecule has 0 spiro atoms. The number of rotatable bonds is 7. The second-order valence-corrected chi connectivity index (χ2v) is 11.4. The fourth-order valence-electron chi connectivity index (χ4n) is 4.72. The van der Waals surface area contributed by atoms with Crippen molar-refractivity contribution >= 4 is 44.4 Å². The van der Waals surface area contributed by atoms with Crippen LogP contribution in [0.25, 0.3) is 6.08 Å². The number of fused-ring (bicyclic) bond motifs is 1. The quantitative estimate of drug-likeness (QED) is 0.501. The van der Waals surface area contributed by atoms with E-state index in [1.165, 1.54) is 17.5 Å². The van der Waals surface area contributed by atoms with Gasteiger partial charge < -0.3 is 10.2 Å². The van der Waals surface area contributed by atoms with E-state index in [1.54, 1.807) is 12.1 Å². The molecule has 0 bridgehead atoms. The monoisotopic (exact) mass is 509 g/mol. The Morgan fingerprint density at radius 2 is 1.86 bits per heavy atom. The minimum absolute atomic E-state index is 0.0901. The van der Waals surface area contributed by atoms with Gasteiger partial charge in [-0.05, 0) is 48.2 Å². The maximum Gasteiger partial charge on any atom is 0.263 e. The maximum absolute atomic E-state index is 13.0. The van der Waals surface area contributed by atoms with Crippen LogP contribution in [0.5, 0.6) is 0 Å². The Labute approximate surface area is 209 Å². The van der Waals surface area contributed by atoms with Crippen molar-refractivity contribution in [1.29, 1.82) is 0 Å². The van der Waals surface area contributed by atoms with Crippen molar-refractivity contribution < 1.29 is 13.2 Å². The van der Waals surface area contributed by atoms with Crippen LogP contribution in [0, 0.1) is 5.92 Å². The lowest BCUT2D eigenvalue weighted by molar-refractivity contribution is -0.125. The van der Waals surface area contributed by atoms with Gasteiger partial charge >= 0.3 is 0 Å². The van der Waals surface area contributed by atoms with Gasteiger partial charge in [0, 0.05) is 48.2 Å². The van der Waals surface area contributed by atoms with E-state index >= 15 is 0 Å². The predicted molar refractivity (Wildman–Crippen MR) is 138 cm³/mol. The lowest BCUT2D eigenvalue weighted by Crippen LogP contribution is -2.46. The van der Waals surface area contributed by atoms with Crippen LogP contribution in [0.1, 0.15) is 36.8 Å². The average Bonchev–Trinajstić information content (AvgIpc) is 3.54. The molecule has 2 N–H and O–H groups in total. The van der Waals surface area contributed by atoms with E-state index in [1.807, 2.05) is 31.2 Å². The lowest BCUT2D eigenvalue weighted by atomic mass is 9.88. The highest BCUT2D eigenvalue weighted by Crippen LogP contribution is 2.35. The number of aromatic nitrogens is 2. The third-order valence-electron chi connectivity index (χ3n) is 6.73. The van der Waals surface area contributed by atoms with Crippen molar-refractivity contribution in [1.82, 2.24) is 14.7 Å². The zero-order valence-electron chi connectivity index (χ0n) is 19.3. The molecule has 182 valence electrons. The minimum atomic E-state index is -3.70. The van der Waals surface area contributed by atoms with E-state index in [-0.39, 0.29) is 33.8 Å². The number of allylic oxidation sites excluding steroid dienone is 1. The highest BCUT2D eigenvalue weighted by molar-refractivity contribution is 7.93. The van der Waals surface area contributed by atoms with Crippen molar-refractivity contribution in [2.75, 3.05) is 22.7 Å². The van der Waals surface area contributed by atoms with E-state index < -0.39 is 10.0 Å². The summed E-state index contributed by atoms with van der Waals surface area (Å²) < 4.78 is 31.3. The normalized spacial score (nSPS) is 18.8. The first-order valence-electron chi connectivity index (χ1n) is 11.6. The molecule has 0 radical (unpaired) electrons. The van der Waals surface area contributed by atoms with Gasteiger partial charge in [-0.1, -0.05) is 43.3 Å². The van der Waals surface area contributed by atoms with E-state index in [9.17, 15) is 13.2 Å². The molecule has 1 aliphatic heterocycles. The topological polar surface area (TPSA) is 104 Å². The number of amides is 1. The summed E-state index contributed by atoms with van der Waals surface area (Å²) in [4.78, 5) is 19.2. The summed E-state index contributed by atoms with van der Waals surface area (Å²) in [5, 5.41) is 3.49. The van der Waals surface area contributed by atoms with Crippen LogP contribution >= 0.6 is 11.5 Å². The number of benzene rings is 2. The summed E-state index contributed by atoms with van der Waals surface area (Å²) in [7, 11) is -3.70. The van der Waals surface area contributed by atoms with Gasteiger partial charge in [-0.25, -0.2) is 13.4 Å². The van der Waals surface area contributed by atoms with Crippen molar-refractivity contribution in [3.05, 3.63) is 72.1 Å². The third kappa shape index (κ3) is 5.08. The van der Waals surface area contributed by atoms with Gasteiger partial charge in [0.1, 0.15) is 6.33 Å². The first-order valence-corrected chi connectivity index (χ1v) is 13.9. The van der Waals surface area contributed by atoms with Gasteiger partial charge in [-0.15, -0.1) is 0 Å². The zero-order chi connectivity index (χ0) is 24.4. The van der Waals surface area contributed by atoms with Crippen molar-refractivity contribution in [2.24, 2.45) is 5.92 Å². The lowest BCUT2D eigenvalue weighted by Gasteiger charge is -2.34. The van der Waals surface area contributed by atoms with E-state index in [2.05, 4.69) is 48.6 Å². The Kier molecular flexibility index (Phi) is 6.57. The van der Waals surface area contributed by atoms with Gasteiger partial charge in [0.15, 0.2) is 0 Å². The molecule has 5 rings (SSSR count). The molecule has 2 aromatic carbocycles. The van der Waals surface area contributed by atoms with Crippen LogP contribution in [-0.4, -0.2) is 42.8 Å². The second-order valence-electron chi connectivity index (χ2n) is 8.92. The fraction of sp³-hybridized carbons (Fsp3) is 0.320. The third-order valence-corrected chi connectivity index (χ3v) is 8.79. The molecule has 1 fully saturated rings. The summed E-state index contributed by atoms with van der Waals surface area (Å²) >= 11 is 0.987. The molecule has 0 saturated carbocycles. The molecule has 2 atom stereocenters. The SMILES string of the molecule is C[C@@H](C(=O)NC1CCN(c2ccc(S(=O)(=O)Nc3ncns3)cc2)CC1)C1C=Cc2ccccc21. The van der Waals surface area contributed by atoms with Crippen molar-refractivity contribution in [3.8, 4) is 0 Å². The molecule has 1 unspecified atom stereocenters. The van der Waals surface area contributed by atoms with Crippen LogP contribution in [0.2, 0.25) is 0 Å². The Balaban J connectivity index is 1.14. The van der Waals surface area contributed by atoms with E-state index in [0.717, 1.165) is 43.2 Å². The van der Waals surface area contributed by atoms with Gasteiger partial charge in [0.2, 0.25) is 11.0 Å². The number of carbonyl (C=O) groups is 1. The molecule has 3 aromatic rings. The molecule has 10 heteroatoms. The molecule has 8 nitrogen and oxygen atoms in total. The summed E-state index contributed by atoms with van der Waals surface area (Å²) in [6.45, 7) is 3.58. The zero-order valence-corrected chi connectivity index (χ0v) is 20.9. The van der Waals surface area contributed by atoms with E-state index in [4.69, 9.17) is 0 Å². The van der Waals surface area contributed by atoms with Crippen molar-refractivity contribution in [3.63, 3.8) is 0 Å². The summed E-state index contributed by atoms with van der Waals surface area (Å²) in [5.74, 6) is 0.0749. The molecule has 1 aliphatic carbocycles. The molecule has 1 aromatic heterocycles. The van der Waals surface area contributed by atoms with E-state index in [0.29, 0.717) is 0 Å². The number of hydrogen-bond acceptors (Lipinski definition) is 7. The van der Waals surface area contributed by atoms with Crippen LogP contribution in [0.3, 0.4) is 0 Å². The molecular weight excluding hydrogens is 482 g/mol. The van der Waals surface area contributed by atoms with Gasteiger partial charge in [-0.3, -0.25) is 9.52 Å². The number of piperidine rings is 1. The second kappa shape index (κ2) is 9.79. The highest BCUT2D eigenvalue weighted by Gasteiger charge is 2.30. The number of sulfonamides is 1. The van der Waals surface area contributed by atoms with Gasteiger partial charge in [0.05, 0.1) is 4.90 Å². The predicted octanol–water partition coefficient (Wildman–Crippen LogP) is 3.87. The molecule has 2 aliphatic rings. The number of nitrogens with one attached hydrogen (secondary N) is 2. The van der Waals surface area contributed by atoms with Crippen LogP contribution in [0.15, 0.2) is 65.8 Å². The first-order chi connectivity index (χ1) is 16.9. The Morgan fingerprint density at radius 3 is 2.57 bits per heavy atom. The average molecular weight is 510 g/mol. The maximum atomic E-state index is 13.0. The summed E-state index contributed by atoms with van der Waals surface area (Å²) in [5.41, 5.74) is 3.37. The summed E-state index contributed by atoms with van der Waals surface area (Å²) in [6, 6.07) is 15.2. The number of carbonyl (C=O) groups excluding carboxylic acids is 1. The molecule has 1 saturated heterocycles. The van der Waals surface area contributed by atoms with Gasteiger partial charge in [-0.2, -0.15) is 4.37 Å². The number of nitrogens with zero attached hydrogens (tertiary/aromatic N) is 3. The number of anilines is 2. The Morgan fingerprint density at radius 1 is 1.11 bits per heavy atom. The largest absolute Gasteiger partial charge is 0.371 e. The smallest absolute Gasteiger partial charge is 0.263 e. The minimum Gasteiger partial charge on any atom is -0.371 e. The van der Waals surface area contributed by atoms with Crippen LogP contribution in [-0.2, 0) is 14.8 Å². The van der Waals surface area contributed by atoms with Crippen LogP contribution in [0.4, 0.5) is 10.8 Å². The fourth-order valence-corrected chi connectivity index (χ4v) is 6.38. The highest BCUT2D eigenvalue weighted by atomic mass is 32.2. The molecule has 2 heterocycles. The Bertz CT molecular complexity index is 1320. The van der Waals surface area contributed by atoms with Crippen LogP contribution < -0.4 is 14.9 Å². The van der Waals surface area contributed by atoms with Gasteiger partial charge in [0.25, 0.3) is 10.0 Å². The standard InChI is InChI=1S/C25H27N5O3S2/c1-17(22-11-6-18-4-2-3-5-23(18)22)24(31)28-19-12-14-30(15-13-19)20-7-9-21(10-8-20)35(32,33)29-25-26-16-27-34-25/h2-11,16-17,19,22H,12-15H2,1H3,(H,28,31)(H,26,27,29)/t17-,22?/m1/s1. The summed E-state index contributed by atoms with van der Waals surface area (Å²) in [6.07, 6.45) is 7.22. The molecule has 1 amide bonds.